The zero-order chi connectivity index (χ0) is 21.8. The van der Waals surface area contributed by atoms with Gasteiger partial charge in [0.15, 0.2) is 5.96 Å². The third-order valence-electron chi connectivity index (χ3n) is 5.32. The van der Waals surface area contributed by atoms with Crippen LogP contribution in [0.3, 0.4) is 0 Å². The summed E-state index contributed by atoms with van der Waals surface area (Å²) in [7, 11) is 7.83. The fraction of sp³-hybridized carbons (Fsp3) is 0.652. The Morgan fingerprint density at radius 2 is 1.73 bits per heavy atom. The summed E-state index contributed by atoms with van der Waals surface area (Å²) in [6.07, 6.45) is 3.17. The molecule has 1 aromatic rings. The Labute approximate surface area is 200 Å². The highest BCUT2D eigenvalue weighted by Gasteiger charge is 2.20. The van der Waals surface area contributed by atoms with Crippen LogP contribution in [0.25, 0.3) is 0 Å². The molecule has 30 heavy (non-hydrogen) atoms. The van der Waals surface area contributed by atoms with Crippen LogP contribution in [0.5, 0.6) is 0 Å². The highest BCUT2D eigenvalue weighted by atomic mass is 127. The summed E-state index contributed by atoms with van der Waals surface area (Å²) in [6.45, 7) is 8.97. The largest absolute Gasteiger partial charge is 0.357 e. The van der Waals surface area contributed by atoms with E-state index >= 15 is 0 Å². The predicted molar refractivity (Wildman–Crippen MR) is 139 cm³/mol. The lowest BCUT2D eigenvalue weighted by Gasteiger charge is -2.30. The number of nitrogens with zero attached hydrogens (tertiary/aromatic N) is 3. The standard InChI is InChI=1S/C23H41N5O.HI/c1-8-19(9-2)21(27(4)5)17-26-23(24-10-3)25-15-14-18-12-11-13-20(16-18)22(29)28(6)7;/h11-13,16,19,21H,8-10,14-15,17H2,1-7H3,(H2,24,25,26);1H. The zero-order valence-electron chi connectivity index (χ0n) is 19.9. The summed E-state index contributed by atoms with van der Waals surface area (Å²) in [6, 6.07) is 8.29. The normalized spacial score (nSPS) is 12.5. The Morgan fingerprint density at radius 3 is 2.27 bits per heavy atom. The smallest absolute Gasteiger partial charge is 0.253 e. The Balaban J connectivity index is 0.00000841. The first-order valence-electron chi connectivity index (χ1n) is 10.8. The summed E-state index contributed by atoms with van der Waals surface area (Å²) < 4.78 is 0. The van der Waals surface area contributed by atoms with Gasteiger partial charge in [0.05, 0.1) is 6.54 Å². The lowest BCUT2D eigenvalue weighted by atomic mass is 9.93. The van der Waals surface area contributed by atoms with Crippen LogP contribution >= 0.6 is 24.0 Å². The van der Waals surface area contributed by atoms with E-state index in [2.05, 4.69) is 56.5 Å². The second kappa shape index (κ2) is 15.5. The van der Waals surface area contributed by atoms with Crippen molar-refractivity contribution in [2.75, 3.05) is 47.8 Å². The minimum atomic E-state index is 0. The molecule has 1 aromatic carbocycles. The molecule has 0 spiro atoms. The first kappa shape index (κ1) is 28.6. The van der Waals surface area contributed by atoms with Crippen LogP contribution in [0.2, 0.25) is 0 Å². The average molecular weight is 532 g/mol. The van der Waals surface area contributed by atoms with Gasteiger partial charge in [-0.15, -0.1) is 24.0 Å². The van der Waals surface area contributed by atoms with Crippen LogP contribution in [0.4, 0.5) is 0 Å². The number of benzene rings is 1. The molecule has 1 unspecified atom stereocenters. The van der Waals surface area contributed by atoms with E-state index in [1.165, 1.54) is 12.8 Å². The first-order valence-corrected chi connectivity index (χ1v) is 10.8. The van der Waals surface area contributed by atoms with Crippen molar-refractivity contribution in [2.45, 2.75) is 46.1 Å². The van der Waals surface area contributed by atoms with Crippen LogP contribution in [-0.4, -0.2) is 75.5 Å². The van der Waals surface area contributed by atoms with Crippen molar-refractivity contribution in [1.29, 1.82) is 0 Å². The molecule has 2 N–H and O–H groups in total. The van der Waals surface area contributed by atoms with Gasteiger partial charge in [-0.05, 0) is 51.1 Å². The maximum Gasteiger partial charge on any atom is 0.253 e. The molecule has 0 bridgehead atoms. The van der Waals surface area contributed by atoms with Crippen LogP contribution in [-0.2, 0) is 6.42 Å². The van der Waals surface area contributed by atoms with Gasteiger partial charge in [-0.2, -0.15) is 0 Å². The quantitative estimate of drug-likeness (QED) is 0.261. The van der Waals surface area contributed by atoms with Crippen LogP contribution in [0.1, 0.15) is 49.5 Å². The van der Waals surface area contributed by atoms with Crippen molar-refractivity contribution in [2.24, 2.45) is 10.9 Å². The second-order valence-corrected chi connectivity index (χ2v) is 7.90. The molecule has 172 valence electrons. The Morgan fingerprint density at radius 1 is 1.07 bits per heavy atom. The Kier molecular flexibility index (Phi) is 14.8. The number of hydrogen-bond acceptors (Lipinski definition) is 3. The number of nitrogens with one attached hydrogen (secondary N) is 2. The molecule has 0 radical (unpaired) electrons. The first-order chi connectivity index (χ1) is 13.8. The van der Waals surface area contributed by atoms with Gasteiger partial charge in [0.2, 0.25) is 0 Å². The number of rotatable bonds is 11. The van der Waals surface area contributed by atoms with Crippen LogP contribution < -0.4 is 10.6 Å². The Hall–Kier alpha value is -1.35. The van der Waals surface area contributed by atoms with E-state index in [9.17, 15) is 4.79 Å². The summed E-state index contributed by atoms with van der Waals surface area (Å²) in [5.41, 5.74) is 1.87. The summed E-state index contributed by atoms with van der Waals surface area (Å²) in [5.74, 6) is 1.53. The highest BCUT2D eigenvalue weighted by molar-refractivity contribution is 14.0. The number of guanidine groups is 1. The molecule has 0 aliphatic carbocycles. The van der Waals surface area contributed by atoms with E-state index in [4.69, 9.17) is 4.99 Å². The van der Waals surface area contributed by atoms with E-state index < -0.39 is 0 Å². The molecule has 0 saturated heterocycles. The van der Waals surface area contributed by atoms with Crippen LogP contribution in [0, 0.1) is 5.92 Å². The van der Waals surface area contributed by atoms with Gasteiger partial charge < -0.3 is 20.4 Å². The van der Waals surface area contributed by atoms with Gasteiger partial charge >= 0.3 is 0 Å². The Bertz CT molecular complexity index is 644. The van der Waals surface area contributed by atoms with Gasteiger partial charge in [-0.25, -0.2) is 0 Å². The van der Waals surface area contributed by atoms with E-state index in [0.29, 0.717) is 12.0 Å². The fourth-order valence-electron chi connectivity index (χ4n) is 3.54. The molecule has 0 aliphatic heterocycles. The summed E-state index contributed by atoms with van der Waals surface area (Å²) in [5, 5.41) is 6.78. The highest BCUT2D eigenvalue weighted by Crippen LogP contribution is 2.17. The van der Waals surface area contributed by atoms with Gasteiger partial charge in [-0.3, -0.25) is 9.79 Å². The topological polar surface area (TPSA) is 60.0 Å². The SMILES string of the molecule is CCNC(=NCC(C(CC)CC)N(C)C)NCCc1cccc(C(=O)N(C)C)c1.I. The van der Waals surface area contributed by atoms with Crippen molar-refractivity contribution < 1.29 is 4.79 Å². The van der Waals surface area contributed by atoms with Crippen molar-refractivity contribution in [3.05, 3.63) is 35.4 Å². The zero-order valence-corrected chi connectivity index (χ0v) is 22.2. The molecule has 7 heteroatoms. The molecule has 0 saturated carbocycles. The maximum atomic E-state index is 12.1. The van der Waals surface area contributed by atoms with Crippen LogP contribution in [0.15, 0.2) is 29.3 Å². The molecular weight excluding hydrogens is 489 g/mol. The number of likely N-dealkylation sites (N-methyl/N-ethyl adjacent to an activating group) is 1. The van der Waals surface area contributed by atoms with Crippen molar-refractivity contribution in [3.63, 3.8) is 0 Å². The van der Waals surface area contributed by atoms with Gasteiger partial charge in [0.1, 0.15) is 0 Å². The fourth-order valence-corrected chi connectivity index (χ4v) is 3.54. The number of carbonyl (C=O) groups is 1. The number of carbonyl (C=O) groups excluding carboxylic acids is 1. The lowest BCUT2D eigenvalue weighted by Crippen LogP contribution is -2.42. The third kappa shape index (κ3) is 9.64. The van der Waals surface area contributed by atoms with E-state index in [1.54, 1.807) is 19.0 Å². The number of hydrogen-bond donors (Lipinski definition) is 2. The van der Waals surface area contributed by atoms with Crippen molar-refractivity contribution in [1.82, 2.24) is 20.4 Å². The minimum Gasteiger partial charge on any atom is -0.357 e. The summed E-state index contributed by atoms with van der Waals surface area (Å²) in [4.78, 5) is 20.9. The van der Waals surface area contributed by atoms with Gasteiger partial charge in [0, 0.05) is 38.8 Å². The minimum absolute atomic E-state index is 0. The molecule has 0 heterocycles. The molecule has 1 rings (SSSR count). The molecule has 0 fully saturated rings. The molecule has 0 aromatic heterocycles. The predicted octanol–water partition coefficient (Wildman–Crippen LogP) is 3.47. The van der Waals surface area contributed by atoms with E-state index in [-0.39, 0.29) is 29.9 Å². The molecular formula is C23H42IN5O. The molecule has 6 nitrogen and oxygen atoms in total. The van der Waals surface area contributed by atoms with Crippen molar-refractivity contribution in [3.8, 4) is 0 Å². The van der Waals surface area contributed by atoms with Crippen molar-refractivity contribution >= 4 is 35.8 Å². The number of amides is 1. The second-order valence-electron chi connectivity index (χ2n) is 7.90. The van der Waals surface area contributed by atoms with Gasteiger partial charge in [0.25, 0.3) is 5.91 Å². The van der Waals surface area contributed by atoms with E-state index in [1.807, 2.05) is 18.2 Å². The monoisotopic (exact) mass is 531 g/mol. The number of aliphatic imine (C=N–C) groups is 1. The number of halogens is 1. The van der Waals surface area contributed by atoms with E-state index in [0.717, 1.165) is 43.1 Å². The lowest BCUT2D eigenvalue weighted by molar-refractivity contribution is 0.0827. The third-order valence-corrected chi connectivity index (χ3v) is 5.32. The molecule has 1 amide bonds. The average Bonchev–Trinajstić information content (AvgIpc) is 2.70. The summed E-state index contributed by atoms with van der Waals surface area (Å²) >= 11 is 0. The van der Waals surface area contributed by atoms with Gasteiger partial charge in [-0.1, -0.05) is 38.8 Å². The molecule has 1 atom stereocenters. The maximum absolute atomic E-state index is 12.1. The molecule has 0 aliphatic rings.